The van der Waals surface area contributed by atoms with Crippen LogP contribution in [0.15, 0.2) is 64.6 Å². The van der Waals surface area contributed by atoms with Gasteiger partial charge in [0.25, 0.3) is 0 Å². The predicted octanol–water partition coefficient (Wildman–Crippen LogP) is 6.85. The van der Waals surface area contributed by atoms with Crippen molar-refractivity contribution in [2.75, 3.05) is 17.7 Å². The maximum Gasteiger partial charge on any atom is 0.154 e. The second kappa shape index (κ2) is 10.7. The fourth-order valence-electron chi connectivity index (χ4n) is 3.41. The van der Waals surface area contributed by atoms with Gasteiger partial charge in [-0.2, -0.15) is 0 Å². The molecule has 2 unspecified atom stereocenters. The van der Waals surface area contributed by atoms with Crippen LogP contribution < -0.4 is 9.64 Å². The second-order valence-electron chi connectivity index (χ2n) is 6.87. The van der Waals surface area contributed by atoms with Crippen LogP contribution in [0.3, 0.4) is 0 Å². The number of rotatable bonds is 8. The largest absolute Gasteiger partial charge is 0.464 e. The number of para-hydroxylation sites is 1. The molecule has 0 spiro atoms. The first-order valence-electron chi connectivity index (χ1n) is 9.80. The zero-order valence-corrected chi connectivity index (χ0v) is 18.3. The minimum absolute atomic E-state index is 0.0513. The van der Waals surface area contributed by atoms with Crippen LogP contribution in [0.1, 0.15) is 26.2 Å². The number of ether oxygens (including phenoxy) is 1. The fraction of sp³-hybridized carbons (Fsp3) is 0.348. The van der Waals surface area contributed by atoms with Crippen LogP contribution in [-0.2, 0) is 4.79 Å². The van der Waals surface area contributed by atoms with Crippen molar-refractivity contribution in [3.8, 4) is 5.75 Å². The van der Waals surface area contributed by atoms with Crippen LogP contribution in [0.25, 0.3) is 0 Å². The highest BCUT2D eigenvalue weighted by molar-refractivity contribution is 8.00. The monoisotopic (exact) mass is 431 g/mol. The van der Waals surface area contributed by atoms with Gasteiger partial charge in [0.15, 0.2) is 5.50 Å². The van der Waals surface area contributed by atoms with Gasteiger partial charge >= 0.3 is 0 Å². The number of allylic oxidation sites excluding steroid dienone is 1. The molecule has 0 amide bonds. The molecule has 3 nitrogen and oxygen atoms in total. The van der Waals surface area contributed by atoms with Crippen LogP contribution >= 0.6 is 23.5 Å². The van der Waals surface area contributed by atoms with E-state index in [-0.39, 0.29) is 5.92 Å². The molecule has 0 aromatic heterocycles. The van der Waals surface area contributed by atoms with E-state index in [9.17, 15) is 4.79 Å². The van der Waals surface area contributed by atoms with Gasteiger partial charge in [-0.05, 0) is 36.9 Å². The summed E-state index contributed by atoms with van der Waals surface area (Å²) in [4.78, 5) is 14.6. The molecule has 2 aromatic rings. The zero-order chi connectivity index (χ0) is 20.6. The molecule has 29 heavy (non-hydrogen) atoms. The highest BCUT2D eigenvalue weighted by atomic mass is 32.2. The van der Waals surface area contributed by atoms with Gasteiger partial charge in [0, 0.05) is 29.1 Å². The third kappa shape index (κ3) is 5.37. The third-order valence-electron chi connectivity index (χ3n) is 4.91. The maximum absolute atomic E-state index is 15.2. The highest BCUT2D eigenvalue weighted by Gasteiger charge is 2.32. The summed E-state index contributed by atoms with van der Waals surface area (Å²) in [5, 5.41) is 0. The number of hydrogen-bond acceptors (Lipinski definition) is 5. The minimum Gasteiger partial charge on any atom is -0.464 e. The average molecular weight is 432 g/mol. The standard InChI is InChI=1S/C23H26FNO2S2/c1-3-4-9-17-16-25(18-10-6-5-7-11-18)19-14-22(28-2)20(27-13-8-12-26)15-21(19)29-23(17)24/h5-8,10-15,17,23H,3-4,9,16H2,1-2H3/b13-8+. The summed E-state index contributed by atoms with van der Waals surface area (Å²) in [7, 11) is 0. The number of unbranched alkanes of at least 4 members (excludes halogenated alkanes) is 1. The van der Waals surface area contributed by atoms with Gasteiger partial charge < -0.3 is 9.64 Å². The lowest BCUT2D eigenvalue weighted by molar-refractivity contribution is -0.104. The molecule has 1 aliphatic rings. The van der Waals surface area contributed by atoms with Gasteiger partial charge in [-0.3, -0.25) is 4.79 Å². The number of halogens is 1. The van der Waals surface area contributed by atoms with E-state index in [0.717, 1.165) is 40.4 Å². The number of alkyl halides is 1. The number of hydrogen-bond donors (Lipinski definition) is 0. The average Bonchev–Trinajstić information content (AvgIpc) is 2.88. The Labute approximate surface area is 180 Å². The molecular weight excluding hydrogens is 405 g/mol. The van der Waals surface area contributed by atoms with Crippen molar-refractivity contribution in [1.82, 2.24) is 0 Å². The van der Waals surface area contributed by atoms with Gasteiger partial charge in [0.1, 0.15) is 12.0 Å². The Bertz CT molecular complexity index is 844. The van der Waals surface area contributed by atoms with Gasteiger partial charge in [-0.15, -0.1) is 11.8 Å². The summed E-state index contributed by atoms with van der Waals surface area (Å²) in [6.45, 7) is 2.78. The molecule has 0 saturated carbocycles. The van der Waals surface area contributed by atoms with E-state index in [4.69, 9.17) is 4.74 Å². The van der Waals surface area contributed by atoms with Crippen molar-refractivity contribution in [3.63, 3.8) is 0 Å². The van der Waals surface area contributed by atoms with E-state index in [1.165, 1.54) is 24.1 Å². The number of fused-ring (bicyclic) bond motifs is 1. The minimum atomic E-state index is -0.979. The summed E-state index contributed by atoms with van der Waals surface area (Å²) in [6.07, 6.45) is 8.26. The molecule has 0 aliphatic carbocycles. The van der Waals surface area contributed by atoms with E-state index < -0.39 is 5.50 Å². The van der Waals surface area contributed by atoms with Gasteiger partial charge in [-0.1, -0.05) is 49.7 Å². The fourth-order valence-corrected chi connectivity index (χ4v) is 5.07. The number of carbonyl (C=O) groups excluding carboxylic acids is 1. The molecule has 0 bridgehead atoms. The van der Waals surface area contributed by atoms with E-state index in [2.05, 4.69) is 30.0 Å². The lowest BCUT2D eigenvalue weighted by Crippen LogP contribution is -2.27. The van der Waals surface area contributed by atoms with Crippen LogP contribution in [-0.4, -0.2) is 24.6 Å². The van der Waals surface area contributed by atoms with E-state index in [1.807, 2.05) is 30.5 Å². The van der Waals surface area contributed by atoms with Crippen LogP contribution in [0, 0.1) is 5.92 Å². The van der Waals surface area contributed by atoms with Crippen molar-refractivity contribution in [2.45, 2.75) is 41.5 Å². The number of anilines is 2. The highest BCUT2D eigenvalue weighted by Crippen LogP contribution is 2.48. The molecule has 1 aliphatic heterocycles. The van der Waals surface area contributed by atoms with Crippen LogP contribution in [0.2, 0.25) is 0 Å². The summed E-state index contributed by atoms with van der Waals surface area (Å²) in [5.41, 5.74) is 1.08. The Morgan fingerprint density at radius 2 is 2.10 bits per heavy atom. The van der Waals surface area contributed by atoms with E-state index in [0.29, 0.717) is 18.6 Å². The van der Waals surface area contributed by atoms with Gasteiger partial charge in [-0.25, -0.2) is 4.39 Å². The Morgan fingerprint density at radius 3 is 2.79 bits per heavy atom. The molecule has 0 N–H and O–H groups in total. The SMILES string of the molecule is CCCCC1CN(c2ccccc2)c2cc(SC)c(O/C=C/C=O)cc2SC1F. The molecule has 6 heteroatoms. The molecular formula is C23H26FNO2S2. The number of nitrogens with zero attached hydrogens (tertiary/aromatic N) is 1. The quantitative estimate of drug-likeness (QED) is 0.197. The molecule has 0 saturated heterocycles. The Kier molecular flexibility index (Phi) is 8.07. The normalized spacial score (nSPS) is 19.1. The third-order valence-corrected chi connectivity index (χ3v) is 6.86. The van der Waals surface area contributed by atoms with E-state index >= 15 is 4.39 Å². The number of benzene rings is 2. The number of thioether (sulfide) groups is 2. The molecule has 154 valence electrons. The first kappa shape index (κ1) is 21.8. The van der Waals surface area contributed by atoms with Crippen molar-refractivity contribution in [1.29, 1.82) is 0 Å². The Hall–Kier alpha value is -1.92. The lowest BCUT2D eigenvalue weighted by Gasteiger charge is -2.28. The summed E-state index contributed by atoms with van der Waals surface area (Å²) < 4.78 is 20.9. The zero-order valence-electron chi connectivity index (χ0n) is 16.7. The number of aldehydes is 1. The van der Waals surface area contributed by atoms with E-state index in [1.54, 1.807) is 11.8 Å². The Morgan fingerprint density at radius 1 is 1.31 bits per heavy atom. The lowest BCUT2D eigenvalue weighted by atomic mass is 10.0. The predicted molar refractivity (Wildman–Crippen MR) is 121 cm³/mol. The second-order valence-corrected chi connectivity index (χ2v) is 8.84. The van der Waals surface area contributed by atoms with Crippen molar-refractivity contribution >= 4 is 41.2 Å². The van der Waals surface area contributed by atoms with Gasteiger partial charge in [0.05, 0.1) is 16.8 Å². The van der Waals surface area contributed by atoms with Gasteiger partial charge in [0.2, 0.25) is 0 Å². The molecule has 0 fully saturated rings. The number of carbonyl (C=O) groups is 1. The first-order valence-corrected chi connectivity index (χ1v) is 11.9. The maximum atomic E-state index is 15.2. The summed E-state index contributed by atoms with van der Waals surface area (Å²) >= 11 is 2.84. The molecule has 1 heterocycles. The molecule has 2 aromatic carbocycles. The Balaban J connectivity index is 2.06. The smallest absolute Gasteiger partial charge is 0.154 e. The van der Waals surface area contributed by atoms with Crippen molar-refractivity contribution in [3.05, 3.63) is 54.8 Å². The first-order chi connectivity index (χ1) is 14.2. The molecule has 3 rings (SSSR count). The molecule has 0 radical (unpaired) electrons. The summed E-state index contributed by atoms with van der Waals surface area (Å²) in [5.74, 6) is 0.582. The van der Waals surface area contributed by atoms with Crippen LogP contribution in [0.5, 0.6) is 5.75 Å². The van der Waals surface area contributed by atoms with Crippen LogP contribution in [0.4, 0.5) is 15.8 Å². The molecule has 2 atom stereocenters. The van der Waals surface area contributed by atoms with Crippen molar-refractivity contribution in [2.24, 2.45) is 5.92 Å². The van der Waals surface area contributed by atoms with Crippen molar-refractivity contribution < 1.29 is 13.9 Å². The topological polar surface area (TPSA) is 29.5 Å². The summed E-state index contributed by atoms with van der Waals surface area (Å²) in [6, 6.07) is 14.1.